The summed E-state index contributed by atoms with van der Waals surface area (Å²) < 4.78 is 6.75. The number of hydrogen-bond donors (Lipinski definition) is 0. The maximum atomic E-state index is 12.2. The van der Waals surface area contributed by atoms with Crippen molar-refractivity contribution in [1.29, 1.82) is 0 Å². The molecule has 0 aliphatic heterocycles. The monoisotopic (exact) mass is 334 g/mol. The van der Waals surface area contributed by atoms with Crippen molar-refractivity contribution in [3.63, 3.8) is 0 Å². The SMILES string of the molecule is CCOC(=O)c1cnn(-c2cccc(Cl)c2)c1C(C)(C)CC=O. The maximum absolute atomic E-state index is 12.2. The second-order valence-electron chi connectivity index (χ2n) is 5.77. The zero-order valence-corrected chi connectivity index (χ0v) is 14.1. The molecule has 0 amide bonds. The summed E-state index contributed by atoms with van der Waals surface area (Å²) in [5.41, 5.74) is 1.13. The minimum Gasteiger partial charge on any atom is -0.462 e. The Morgan fingerprint density at radius 2 is 2.17 bits per heavy atom. The van der Waals surface area contributed by atoms with Gasteiger partial charge in [-0.1, -0.05) is 31.5 Å². The van der Waals surface area contributed by atoms with Crippen molar-refractivity contribution in [2.45, 2.75) is 32.6 Å². The Bertz CT molecular complexity index is 722. The van der Waals surface area contributed by atoms with Gasteiger partial charge in [0.25, 0.3) is 0 Å². The van der Waals surface area contributed by atoms with Crippen LogP contribution in [0.5, 0.6) is 0 Å². The van der Waals surface area contributed by atoms with E-state index in [1.807, 2.05) is 19.9 Å². The minimum atomic E-state index is -0.581. The first kappa shape index (κ1) is 17.2. The van der Waals surface area contributed by atoms with E-state index in [9.17, 15) is 9.59 Å². The Morgan fingerprint density at radius 1 is 1.43 bits per heavy atom. The number of aromatic nitrogens is 2. The van der Waals surface area contributed by atoms with E-state index in [1.165, 1.54) is 6.20 Å². The van der Waals surface area contributed by atoms with Crippen molar-refractivity contribution < 1.29 is 14.3 Å². The molecule has 0 saturated carbocycles. The van der Waals surface area contributed by atoms with Crippen molar-refractivity contribution in [3.05, 3.63) is 46.7 Å². The van der Waals surface area contributed by atoms with E-state index in [2.05, 4.69) is 5.10 Å². The van der Waals surface area contributed by atoms with Crippen LogP contribution in [-0.4, -0.2) is 28.6 Å². The van der Waals surface area contributed by atoms with Gasteiger partial charge in [0.1, 0.15) is 11.8 Å². The van der Waals surface area contributed by atoms with Gasteiger partial charge < -0.3 is 9.53 Å². The van der Waals surface area contributed by atoms with Gasteiger partial charge in [-0.2, -0.15) is 5.10 Å². The van der Waals surface area contributed by atoms with E-state index in [-0.39, 0.29) is 13.0 Å². The molecular formula is C17H19ClN2O3. The summed E-state index contributed by atoms with van der Waals surface area (Å²) in [6.45, 7) is 5.80. The zero-order chi connectivity index (χ0) is 17.0. The van der Waals surface area contributed by atoms with Crippen LogP contribution < -0.4 is 0 Å². The lowest BCUT2D eigenvalue weighted by Gasteiger charge is -2.25. The quantitative estimate of drug-likeness (QED) is 0.598. The second-order valence-corrected chi connectivity index (χ2v) is 6.21. The third kappa shape index (κ3) is 3.62. The molecule has 0 fully saturated rings. The second kappa shape index (κ2) is 6.96. The van der Waals surface area contributed by atoms with Crippen LogP contribution >= 0.6 is 11.6 Å². The molecule has 2 aromatic rings. The van der Waals surface area contributed by atoms with E-state index < -0.39 is 11.4 Å². The van der Waals surface area contributed by atoms with Crippen molar-refractivity contribution in [2.24, 2.45) is 0 Å². The van der Waals surface area contributed by atoms with Crippen LogP contribution in [0, 0.1) is 0 Å². The summed E-state index contributed by atoms with van der Waals surface area (Å²) in [5.74, 6) is -0.449. The molecule has 0 aliphatic rings. The number of ether oxygens (including phenoxy) is 1. The summed E-state index contributed by atoms with van der Waals surface area (Å²) in [7, 11) is 0. The predicted molar refractivity (Wildman–Crippen MR) is 88.2 cm³/mol. The van der Waals surface area contributed by atoms with Gasteiger partial charge in [-0.15, -0.1) is 0 Å². The highest BCUT2D eigenvalue weighted by Crippen LogP contribution is 2.32. The first-order valence-corrected chi connectivity index (χ1v) is 7.73. The molecule has 2 rings (SSSR count). The van der Waals surface area contributed by atoms with Crippen molar-refractivity contribution >= 4 is 23.9 Å². The van der Waals surface area contributed by atoms with Gasteiger partial charge in [0.2, 0.25) is 0 Å². The van der Waals surface area contributed by atoms with Crippen LogP contribution in [0.1, 0.15) is 43.2 Å². The molecule has 0 atom stereocenters. The molecule has 0 bridgehead atoms. The lowest BCUT2D eigenvalue weighted by molar-refractivity contribution is -0.108. The Hall–Kier alpha value is -2.14. The Balaban J connectivity index is 2.64. The first-order chi connectivity index (χ1) is 10.9. The molecular weight excluding hydrogens is 316 g/mol. The van der Waals surface area contributed by atoms with Crippen LogP contribution in [-0.2, 0) is 14.9 Å². The van der Waals surface area contributed by atoms with Gasteiger partial charge in [0, 0.05) is 16.9 Å². The highest BCUT2D eigenvalue weighted by molar-refractivity contribution is 6.30. The summed E-state index contributed by atoms with van der Waals surface area (Å²) in [5, 5.41) is 4.89. The number of carbonyl (C=O) groups is 2. The molecule has 0 unspecified atom stereocenters. The van der Waals surface area contributed by atoms with Crippen LogP contribution in [0.25, 0.3) is 5.69 Å². The zero-order valence-electron chi connectivity index (χ0n) is 13.4. The van der Waals surface area contributed by atoms with Crippen LogP contribution in [0.4, 0.5) is 0 Å². The molecule has 6 heteroatoms. The lowest BCUT2D eigenvalue weighted by Crippen LogP contribution is -2.25. The number of esters is 1. The number of halogens is 1. The average molecular weight is 335 g/mol. The van der Waals surface area contributed by atoms with Crippen molar-refractivity contribution in [3.8, 4) is 5.69 Å². The summed E-state index contributed by atoms with van der Waals surface area (Å²) in [4.78, 5) is 23.3. The van der Waals surface area contributed by atoms with E-state index in [4.69, 9.17) is 16.3 Å². The fourth-order valence-corrected chi connectivity index (χ4v) is 2.65. The highest BCUT2D eigenvalue weighted by Gasteiger charge is 2.32. The van der Waals surface area contributed by atoms with Crippen molar-refractivity contribution in [1.82, 2.24) is 9.78 Å². The molecule has 0 aliphatic carbocycles. The first-order valence-electron chi connectivity index (χ1n) is 7.36. The number of hydrogen-bond acceptors (Lipinski definition) is 4. The summed E-state index contributed by atoms with van der Waals surface area (Å²) >= 11 is 6.05. The fourth-order valence-electron chi connectivity index (χ4n) is 2.47. The summed E-state index contributed by atoms with van der Waals surface area (Å²) in [6, 6.07) is 7.16. The topological polar surface area (TPSA) is 61.2 Å². The molecule has 0 N–H and O–H groups in total. The number of benzene rings is 1. The van der Waals surface area contributed by atoms with Crippen LogP contribution in [0.15, 0.2) is 30.5 Å². The summed E-state index contributed by atoms with van der Waals surface area (Å²) in [6.07, 6.45) is 2.57. The molecule has 0 spiro atoms. The smallest absolute Gasteiger partial charge is 0.341 e. The standard InChI is InChI=1S/C17H19ClN2O3/c1-4-23-16(22)14-11-19-20(13-7-5-6-12(18)10-13)15(14)17(2,3)8-9-21/h5-7,9-11H,4,8H2,1-3H3. The Kier molecular flexibility index (Phi) is 5.21. The van der Waals surface area contributed by atoms with E-state index in [0.717, 1.165) is 12.0 Å². The van der Waals surface area contributed by atoms with Crippen LogP contribution in [0.3, 0.4) is 0 Å². The van der Waals surface area contributed by atoms with E-state index >= 15 is 0 Å². The predicted octanol–water partition coefficient (Wildman–Crippen LogP) is 3.57. The van der Waals surface area contributed by atoms with Gasteiger partial charge in [-0.3, -0.25) is 0 Å². The van der Waals surface area contributed by atoms with E-state index in [1.54, 1.807) is 29.8 Å². The fraction of sp³-hybridized carbons (Fsp3) is 0.353. The van der Waals surface area contributed by atoms with Gasteiger partial charge >= 0.3 is 5.97 Å². The highest BCUT2D eigenvalue weighted by atomic mass is 35.5. The largest absolute Gasteiger partial charge is 0.462 e. The minimum absolute atomic E-state index is 0.256. The number of nitrogens with zero attached hydrogens (tertiary/aromatic N) is 2. The van der Waals surface area contributed by atoms with Gasteiger partial charge in [-0.05, 0) is 25.1 Å². The number of aldehydes is 1. The van der Waals surface area contributed by atoms with Crippen molar-refractivity contribution in [2.75, 3.05) is 6.61 Å². The third-order valence-electron chi connectivity index (χ3n) is 3.55. The maximum Gasteiger partial charge on any atom is 0.341 e. The van der Waals surface area contributed by atoms with Gasteiger partial charge in [0.15, 0.2) is 0 Å². The van der Waals surface area contributed by atoms with Gasteiger partial charge in [-0.25, -0.2) is 9.48 Å². The van der Waals surface area contributed by atoms with Gasteiger partial charge in [0.05, 0.1) is 24.2 Å². The molecule has 1 heterocycles. The Morgan fingerprint density at radius 3 is 2.78 bits per heavy atom. The third-order valence-corrected chi connectivity index (χ3v) is 3.79. The Labute approximate surface area is 140 Å². The molecule has 0 radical (unpaired) electrons. The molecule has 122 valence electrons. The number of carbonyl (C=O) groups excluding carboxylic acids is 2. The molecule has 1 aromatic carbocycles. The van der Waals surface area contributed by atoms with Crippen LogP contribution in [0.2, 0.25) is 5.02 Å². The number of rotatable bonds is 6. The van der Waals surface area contributed by atoms with E-state index in [0.29, 0.717) is 16.3 Å². The molecule has 5 nitrogen and oxygen atoms in total. The normalized spacial score (nSPS) is 11.3. The lowest BCUT2D eigenvalue weighted by atomic mass is 9.84. The molecule has 23 heavy (non-hydrogen) atoms. The molecule has 1 aromatic heterocycles. The molecule has 0 saturated heterocycles. The average Bonchev–Trinajstić information content (AvgIpc) is 2.93.